The number of carbonyl (C=O) groups is 2. The first kappa shape index (κ1) is 20.6. The van der Waals surface area contributed by atoms with Crippen LogP contribution in [0, 0.1) is 0 Å². The van der Waals surface area contributed by atoms with Gasteiger partial charge in [0.05, 0.1) is 0 Å². The molecule has 6 heteroatoms. The van der Waals surface area contributed by atoms with Crippen LogP contribution in [0.1, 0.15) is 29.9 Å². The molecule has 1 amide bonds. The van der Waals surface area contributed by atoms with Gasteiger partial charge in [0.2, 0.25) is 0 Å². The highest BCUT2D eigenvalue weighted by molar-refractivity contribution is 5.82. The van der Waals surface area contributed by atoms with Gasteiger partial charge >= 0.3 is 12.1 Å². The van der Waals surface area contributed by atoms with Gasteiger partial charge in [-0.05, 0) is 41.6 Å². The Morgan fingerprint density at radius 1 is 1.07 bits per heavy atom. The van der Waals surface area contributed by atoms with E-state index in [-0.39, 0.29) is 19.1 Å². The van der Waals surface area contributed by atoms with Crippen molar-refractivity contribution in [3.8, 4) is 11.1 Å². The fourth-order valence-electron chi connectivity index (χ4n) is 3.59. The Bertz CT molecular complexity index is 835. The molecule has 0 saturated carbocycles. The molecule has 1 aliphatic carbocycles. The Morgan fingerprint density at radius 2 is 1.69 bits per heavy atom. The van der Waals surface area contributed by atoms with Crippen molar-refractivity contribution in [3.05, 3.63) is 72.3 Å². The van der Waals surface area contributed by atoms with Crippen LogP contribution >= 0.6 is 0 Å². The summed E-state index contributed by atoms with van der Waals surface area (Å²) in [6, 6.07) is 15.4. The normalized spacial score (nSPS) is 13.1. The SMILES string of the molecule is C=CCOC(=O)[C@H](CCCN)NC(=O)OCC1c2ccccc2-c2ccccc21. The van der Waals surface area contributed by atoms with Crippen LogP contribution in [0.15, 0.2) is 61.2 Å². The maximum atomic E-state index is 12.4. The second-order valence-electron chi connectivity index (χ2n) is 6.87. The number of rotatable bonds is 9. The Hall–Kier alpha value is -3.12. The highest BCUT2D eigenvalue weighted by Gasteiger charge is 2.29. The lowest BCUT2D eigenvalue weighted by molar-refractivity contribution is -0.145. The third kappa shape index (κ3) is 4.84. The van der Waals surface area contributed by atoms with Crippen LogP contribution in [0.4, 0.5) is 4.79 Å². The largest absolute Gasteiger partial charge is 0.460 e. The fourth-order valence-corrected chi connectivity index (χ4v) is 3.59. The van der Waals surface area contributed by atoms with E-state index in [0.717, 1.165) is 22.3 Å². The molecule has 1 aliphatic rings. The van der Waals surface area contributed by atoms with E-state index in [2.05, 4.69) is 36.2 Å². The maximum absolute atomic E-state index is 12.4. The molecule has 152 valence electrons. The van der Waals surface area contributed by atoms with Gasteiger partial charge in [0.15, 0.2) is 0 Å². The number of hydrogen-bond donors (Lipinski definition) is 2. The number of esters is 1. The van der Waals surface area contributed by atoms with Gasteiger partial charge < -0.3 is 20.5 Å². The van der Waals surface area contributed by atoms with Gasteiger partial charge in [0.1, 0.15) is 19.3 Å². The minimum Gasteiger partial charge on any atom is -0.460 e. The van der Waals surface area contributed by atoms with Crippen molar-refractivity contribution in [3.63, 3.8) is 0 Å². The number of nitrogens with one attached hydrogen (secondary N) is 1. The zero-order valence-corrected chi connectivity index (χ0v) is 16.3. The van der Waals surface area contributed by atoms with Crippen LogP contribution in [-0.4, -0.2) is 37.9 Å². The molecule has 2 aromatic rings. The Labute approximate surface area is 170 Å². The molecular weight excluding hydrogens is 368 g/mol. The van der Waals surface area contributed by atoms with Crippen LogP contribution < -0.4 is 11.1 Å². The van der Waals surface area contributed by atoms with E-state index < -0.39 is 18.1 Å². The molecule has 0 fully saturated rings. The predicted octanol–water partition coefficient (Wildman–Crippen LogP) is 3.36. The molecule has 6 nitrogen and oxygen atoms in total. The third-order valence-corrected chi connectivity index (χ3v) is 4.96. The molecule has 0 radical (unpaired) electrons. The van der Waals surface area contributed by atoms with E-state index in [0.29, 0.717) is 19.4 Å². The van der Waals surface area contributed by atoms with Crippen molar-refractivity contribution >= 4 is 12.1 Å². The molecule has 3 rings (SSSR count). The standard InChI is InChI=1S/C23H26N2O4/c1-2-14-28-22(26)21(12-7-13-24)25-23(27)29-15-20-18-10-5-3-8-16(18)17-9-4-6-11-19(17)20/h2-6,8-11,20-21H,1,7,12-15,24H2,(H,25,27)/t21-/m0/s1. The Morgan fingerprint density at radius 3 is 2.28 bits per heavy atom. The van der Waals surface area contributed by atoms with E-state index in [1.54, 1.807) is 0 Å². The smallest absolute Gasteiger partial charge is 0.407 e. The van der Waals surface area contributed by atoms with Crippen LogP contribution in [0.2, 0.25) is 0 Å². The molecule has 3 N–H and O–H groups in total. The second kappa shape index (κ2) is 9.89. The van der Waals surface area contributed by atoms with Gasteiger partial charge in [-0.3, -0.25) is 0 Å². The molecule has 0 saturated heterocycles. The lowest BCUT2D eigenvalue weighted by atomic mass is 9.98. The molecular formula is C23H26N2O4. The van der Waals surface area contributed by atoms with Gasteiger partial charge in [0, 0.05) is 5.92 Å². The lowest BCUT2D eigenvalue weighted by Crippen LogP contribution is -2.42. The highest BCUT2D eigenvalue weighted by Crippen LogP contribution is 2.44. The lowest BCUT2D eigenvalue weighted by Gasteiger charge is -2.18. The van der Waals surface area contributed by atoms with Crippen LogP contribution in [0.25, 0.3) is 11.1 Å². The summed E-state index contributed by atoms with van der Waals surface area (Å²) < 4.78 is 10.5. The molecule has 0 spiro atoms. The molecule has 0 aliphatic heterocycles. The van der Waals surface area contributed by atoms with E-state index in [4.69, 9.17) is 15.2 Å². The van der Waals surface area contributed by atoms with E-state index in [9.17, 15) is 9.59 Å². The monoisotopic (exact) mass is 394 g/mol. The molecule has 2 aromatic carbocycles. The average Bonchev–Trinajstić information content (AvgIpc) is 3.07. The number of benzene rings is 2. The van der Waals surface area contributed by atoms with E-state index >= 15 is 0 Å². The predicted molar refractivity (Wildman–Crippen MR) is 111 cm³/mol. The molecule has 29 heavy (non-hydrogen) atoms. The average molecular weight is 394 g/mol. The number of carbonyl (C=O) groups excluding carboxylic acids is 2. The summed E-state index contributed by atoms with van der Waals surface area (Å²) in [5.41, 5.74) is 10.1. The van der Waals surface area contributed by atoms with E-state index in [1.165, 1.54) is 6.08 Å². The summed E-state index contributed by atoms with van der Waals surface area (Å²) in [7, 11) is 0. The molecule has 0 unspecified atom stereocenters. The number of hydrogen-bond acceptors (Lipinski definition) is 5. The Balaban J connectivity index is 1.65. The summed E-state index contributed by atoms with van der Waals surface area (Å²) in [6.45, 7) is 4.20. The van der Waals surface area contributed by atoms with Crippen LogP contribution in [-0.2, 0) is 14.3 Å². The van der Waals surface area contributed by atoms with Gasteiger partial charge in [0.25, 0.3) is 0 Å². The van der Waals surface area contributed by atoms with Crippen molar-refractivity contribution in [2.24, 2.45) is 5.73 Å². The summed E-state index contributed by atoms with van der Waals surface area (Å²) in [6.07, 6.45) is 1.80. The highest BCUT2D eigenvalue weighted by atomic mass is 16.6. The van der Waals surface area contributed by atoms with Gasteiger partial charge in [-0.2, -0.15) is 0 Å². The third-order valence-electron chi connectivity index (χ3n) is 4.96. The number of amides is 1. The first-order chi connectivity index (χ1) is 14.2. The van der Waals surface area contributed by atoms with Gasteiger partial charge in [-0.1, -0.05) is 61.2 Å². The molecule has 0 bridgehead atoms. The number of ether oxygens (including phenoxy) is 2. The summed E-state index contributed by atoms with van der Waals surface area (Å²) in [5.74, 6) is -0.560. The quantitative estimate of drug-likeness (QED) is 0.503. The fraction of sp³-hybridized carbons (Fsp3) is 0.304. The zero-order valence-electron chi connectivity index (χ0n) is 16.3. The van der Waals surface area contributed by atoms with E-state index in [1.807, 2.05) is 24.3 Å². The topological polar surface area (TPSA) is 90.6 Å². The minimum absolute atomic E-state index is 0.0386. The number of nitrogens with two attached hydrogens (primary N) is 1. The summed E-state index contributed by atoms with van der Waals surface area (Å²) in [4.78, 5) is 24.5. The second-order valence-corrected chi connectivity index (χ2v) is 6.87. The molecule has 0 heterocycles. The van der Waals surface area contributed by atoms with Crippen molar-refractivity contribution in [2.45, 2.75) is 24.8 Å². The molecule has 1 atom stereocenters. The van der Waals surface area contributed by atoms with Gasteiger partial charge in [-0.25, -0.2) is 9.59 Å². The van der Waals surface area contributed by atoms with Crippen LogP contribution in [0.5, 0.6) is 0 Å². The van der Waals surface area contributed by atoms with Crippen molar-refractivity contribution in [2.75, 3.05) is 19.8 Å². The first-order valence-corrected chi connectivity index (χ1v) is 9.74. The van der Waals surface area contributed by atoms with Crippen LogP contribution in [0.3, 0.4) is 0 Å². The van der Waals surface area contributed by atoms with Crippen molar-refractivity contribution in [1.82, 2.24) is 5.32 Å². The maximum Gasteiger partial charge on any atom is 0.407 e. The van der Waals surface area contributed by atoms with Crippen molar-refractivity contribution in [1.29, 1.82) is 0 Å². The summed E-state index contributed by atoms with van der Waals surface area (Å²) in [5, 5.41) is 2.61. The summed E-state index contributed by atoms with van der Waals surface area (Å²) >= 11 is 0. The number of fused-ring (bicyclic) bond motifs is 3. The first-order valence-electron chi connectivity index (χ1n) is 9.74. The molecule has 0 aromatic heterocycles. The zero-order chi connectivity index (χ0) is 20.6. The number of alkyl carbamates (subject to hydrolysis) is 1. The minimum atomic E-state index is -0.797. The van der Waals surface area contributed by atoms with Gasteiger partial charge in [-0.15, -0.1) is 0 Å². The van der Waals surface area contributed by atoms with Crippen molar-refractivity contribution < 1.29 is 19.1 Å². The Kier molecular flexibility index (Phi) is 7.03.